The van der Waals surface area contributed by atoms with Crippen molar-refractivity contribution in [2.24, 2.45) is 5.41 Å². The Labute approximate surface area is 158 Å². The van der Waals surface area contributed by atoms with Crippen LogP contribution in [0.1, 0.15) is 26.7 Å². The number of benzene rings is 2. The second kappa shape index (κ2) is 7.70. The highest BCUT2D eigenvalue weighted by molar-refractivity contribution is 6.16. The number of carbonyl (C=O) groups is 2. The molecule has 0 saturated heterocycles. The van der Waals surface area contributed by atoms with Crippen molar-refractivity contribution in [1.29, 1.82) is 0 Å². The number of carbonyl (C=O) groups excluding carboxylic acids is 2. The van der Waals surface area contributed by atoms with Gasteiger partial charge in [-0.05, 0) is 75.2 Å². The van der Waals surface area contributed by atoms with Gasteiger partial charge in [0, 0.05) is 11.4 Å². The van der Waals surface area contributed by atoms with Gasteiger partial charge in [-0.2, -0.15) is 0 Å². The quantitative estimate of drug-likeness (QED) is 0.728. The molecule has 1 aliphatic rings. The van der Waals surface area contributed by atoms with Gasteiger partial charge in [-0.3, -0.25) is 9.59 Å². The minimum Gasteiger partial charge on any atom is -0.497 e. The van der Waals surface area contributed by atoms with E-state index < -0.39 is 5.41 Å². The first-order chi connectivity index (χ1) is 12.9. The topological polar surface area (TPSA) is 76.7 Å². The monoisotopic (exact) mass is 368 g/mol. The molecule has 0 aliphatic heterocycles. The summed E-state index contributed by atoms with van der Waals surface area (Å²) in [5.41, 5.74) is 0.266. The van der Waals surface area contributed by atoms with Gasteiger partial charge in [0.2, 0.25) is 11.8 Å². The average Bonchev–Trinajstić information content (AvgIpc) is 3.46. The lowest BCUT2D eigenvalue weighted by Gasteiger charge is -2.16. The Morgan fingerprint density at radius 3 is 1.67 bits per heavy atom. The molecule has 0 unspecified atom stereocenters. The molecular formula is C21H24N2O4. The summed E-state index contributed by atoms with van der Waals surface area (Å²) in [6.45, 7) is 3.90. The Morgan fingerprint density at radius 2 is 1.30 bits per heavy atom. The third kappa shape index (κ3) is 4.39. The molecule has 0 heterocycles. The molecule has 142 valence electrons. The van der Waals surface area contributed by atoms with E-state index in [1.165, 1.54) is 0 Å². The number of anilines is 2. The summed E-state index contributed by atoms with van der Waals surface area (Å²) >= 11 is 0. The number of nitrogens with one attached hydrogen (secondary N) is 2. The van der Waals surface area contributed by atoms with E-state index in [-0.39, 0.29) is 17.9 Å². The highest BCUT2D eigenvalue weighted by Gasteiger charge is 2.56. The van der Waals surface area contributed by atoms with Crippen LogP contribution in [-0.2, 0) is 9.59 Å². The smallest absolute Gasteiger partial charge is 0.240 e. The predicted octanol–water partition coefficient (Wildman–Crippen LogP) is 3.84. The predicted molar refractivity (Wildman–Crippen MR) is 104 cm³/mol. The molecule has 0 spiro atoms. The van der Waals surface area contributed by atoms with Gasteiger partial charge in [0.05, 0.1) is 13.2 Å². The maximum absolute atomic E-state index is 12.7. The van der Waals surface area contributed by atoms with Crippen LogP contribution in [0.25, 0.3) is 0 Å². The zero-order valence-corrected chi connectivity index (χ0v) is 15.7. The summed E-state index contributed by atoms with van der Waals surface area (Å²) in [6, 6.07) is 14.2. The zero-order chi connectivity index (χ0) is 19.4. The van der Waals surface area contributed by atoms with Crippen LogP contribution in [0.15, 0.2) is 48.5 Å². The highest BCUT2D eigenvalue weighted by Crippen LogP contribution is 2.47. The van der Waals surface area contributed by atoms with Crippen LogP contribution in [0.3, 0.4) is 0 Å². The number of amides is 2. The van der Waals surface area contributed by atoms with Gasteiger partial charge in [0.25, 0.3) is 0 Å². The van der Waals surface area contributed by atoms with Crippen LogP contribution in [0.2, 0.25) is 0 Å². The Balaban J connectivity index is 1.62. The summed E-state index contributed by atoms with van der Waals surface area (Å²) in [4.78, 5) is 25.3. The highest BCUT2D eigenvalue weighted by atomic mass is 16.5. The molecule has 27 heavy (non-hydrogen) atoms. The maximum Gasteiger partial charge on any atom is 0.240 e. The fourth-order valence-corrected chi connectivity index (χ4v) is 2.75. The van der Waals surface area contributed by atoms with Gasteiger partial charge < -0.3 is 20.1 Å². The molecule has 6 heteroatoms. The molecule has 1 fully saturated rings. The Bertz CT molecular complexity index is 809. The van der Waals surface area contributed by atoms with E-state index in [1.807, 2.05) is 13.8 Å². The fraction of sp³-hybridized carbons (Fsp3) is 0.333. The lowest BCUT2D eigenvalue weighted by molar-refractivity contribution is -0.131. The standard InChI is InChI=1S/C21H24N2O4/c1-14(2)27-18-10-6-16(7-11-18)23-20(25)21(12-13-21)19(24)22-15-4-8-17(26-3)9-5-15/h4-11,14H,12-13H2,1-3H3,(H,22,24)(H,23,25). The molecule has 2 N–H and O–H groups in total. The minimum atomic E-state index is -1.01. The Morgan fingerprint density at radius 1 is 0.852 bits per heavy atom. The van der Waals surface area contributed by atoms with Crippen molar-refractivity contribution in [3.8, 4) is 11.5 Å². The van der Waals surface area contributed by atoms with Crippen LogP contribution < -0.4 is 20.1 Å². The summed E-state index contributed by atoms with van der Waals surface area (Å²) in [5, 5.41) is 5.65. The first-order valence-corrected chi connectivity index (χ1v) is 8.96. The summed E-state index contributed by atoms with van der Waals surface area (Å²) in [7, 11) is 1.58. The van der Waals surface area contributed by atoms with Gasteiger partial charge in [0.1, 0.15) is 16.9 Å². The third-order valence-electron chi connectivity index (χ3n) is 4.45. The van der Waals surface area contributed by atoms with Gasteiger partial charge in [-0.25, -0.2) is 0 Å². The number of hydrogen-bond acceptors (Lipinski definition) is 4. The largest absolute Gasteiger partial charge is 0.497 e. The zero-order valence-electron chi connectivity index (χ0n) is 15.7. The summed E-state index contributed by atoms with van der Waals surface area (Å²) in [5.74, 6) is 0.870. The lowest BCUT2D eigenvalue weighted by Crippen LogP contribution is -2.35. The Kier molecular flexibility index (Phi) is 5.35. The van der Waals surface area contributed by atoms with Gasteiger partial charge in [-0.15, -0.1) is 0 Å². The van der Waals surface area contributed by atoms with E-state index >= 15 is 0 Å². The van der Waals surface area contributed by atoms with E-state index in [0.717, 1.165) is 5.75 Å². The lowest BCUT2D eigenvalue weighted by atomic mass is 10.0. The molecule has 1 saturated carbocycles. The van der Waals surface area contributed by atoms with E-state index in [2.05, 4.69) is 10.6 Å². The summed E-state index contributed by atoms with van der Waals surface area (Å²) < 4.78 is 10.7. The molecule has 3 rings (SSSR count). The van der Waals surface area contributed by atoms with Crippen LogP contribution in [0.4, 0.5) is 11.4 Å². The van der Waals surface area contributed by atoms with Crippen molar-refractivity contribution in [3.05, 3.63) is 48.5 Å². The molecule has 0 bridgehead atoms. The van der Waals surface area contributed by atoms with E-state index in [9.17, 15) is 9.59 Å². The van der Waals surface area contributed by atoms with Crippen LogP contribution in [0.5, 0.6) is 11.5 Å². The maximum atomic E-state index is 12.7. The molecule has 2 amide bonds. The van der Waals surface area contributed by atoms with E-state index in [1.54, 1.807) is 55.6 Å². The minimum absolute atomic E-state index is 0.0850. The SMILES string of the molecule is COc1ccc(NC(=O)C2(C(=O)Nc3ccc(OC(C)C)cc3)CC2)cc1. The molecule has 2 aromatic rings. The van der Waals surface area contributed by atoms with Gasteiger partial charge in [0.15, 0.2) is 0 Å². The first-order valence-electron chi connectivity index (χ1n) is 8.96. The third-order valence-corrected chi connectivity index (χ3v) is 4.45. The molecule has 0 aromatic heterocycles. The van der Waals surface area contributed by atoms with Gasteiger partial charge in [-0.1, -0.05) is 0 Å². The second-order valence-corrected chi connectivity index (χ2v) is 6.91. The second-order valence-electron chi connectivity index (χ2n) is 6.91. The number of hydrogen-bond donors (Lipinski definition) is 2. The van der Waals surface area contributed by atoms with E-state index in [4.69, 9.17) is 9.47 Å². The number of ether oxygens (including phenoxy) is 2. The molecular weight excluding hydrogens is 344 g/mol. The molecule has 0 radical (unpaired) electrons. The van der Waals surface area contributed by atoms with Crippen molar-refractivity contribution in [2.75, 3.05) is 17.7 Å². The van der Waals surface area contributed by atoms with Crippen molar-refractivity contribution in [3.63, 3.8) is 0 Å². The molecule has 2 aromatic carbocycles. The van der Waals surface area contributed by atoms with Crippen molar-refractivity contribution < 1.29 is 19.1 Å². The van der Waals surface area contributed by atoms with Crippen LogP contribution in [0, 0.1) is 5.41 Å². The average molecular weight is 368 g/mol. The summed E-state index contributed by atoms with van der Waals surface area (Å²) in [6.07, 6.45) is 1.16. The molecule has 6 nitrogen and oxygen atoms in total. The normalized spacial score (nSPS) is 14.4. The van der Waals surface area contributed by atoms with Crippen LogP contribution in [-0.4, -0.2) is 25.0 Å². The molecule has 1 aliphatic carbocycles. The number of methoxy groups -OCH3 is 1. The van der Waals surface area contributed by atoms with E-state index in [0.29, 0.717) is 30.0 Å². The number of rotatable bonds is 7. The first kappa shape index (κ1) is 18.8. The van der Waals surface area contributed by atoms with Gasteiger partial charge >= 0.3 is 0 Å². The Hall–Kier alpha value is -3.02. The van der Waals surface area contributed by atoms with Crippen molar-refractivity contribution in [2.45, 2.75) is 32.8 Å². The van der Waals surface area contributed by atoms with Crippen molar-refractivity contribution in [1.82, 2.24) is 0 Å². The fourth-order valence-electron chi connectivity index (χ4n) is 2.75. The molecule has 0 atom stereocenters. The van der Waals surface area contributed by atoms with Crippen molar-refractivity contribution >= 4 is 23.2 Å². The van der Waals surface area contributed by atoms with Crippen LogP contribution >= 0.6 is 0 Å².